The van der Waals surface area contributed by atoms with Gasteiger partial charge in [-0.1, -0.05) is 0 Å². The summed E-state index contributed by atoms with van der Waals surface area (Å²) < 4.78 is 7.67. The van der Waals surface area contributed by atoms with Gasteiger partial charge in [0.15, 0.2) is 0 Å². The van der Waals surface area contributed by atoms with Crippen LogP contribution in [0.15, 0.2) is 4.47 Å². The van der Waals surface area contributed by atoms with Gasteiger partial charge in [-0.25, -0.2) is 4.79 Å². The number of amides is 2. The normalized spacial score (nSPS) is 16.4. The average Bonchev–Trinajstić information content (AvgIpc) is 2.81. The molecule has 0 radical (unpaired) electrons. The SMILES string of the molecule is CCOC(=O)N1CCN(C(=O)C(C)n2nc(C)c(Br)c2C)CC1. The molecule has 1 unspecified atom stereocenters. The van der Waals surface area contributed by atoms with Gasteiger partial charge in [-0.05, 0) is 43.6 Å². The highest BCUT2D eigenvalue weighted by Gasteiger charge is 2.29. The molecule has 23 heavy (non-hydrogen) atoms. The monoisotopic (exact) mass is 386 g/mol. The van der Waals surface area contributed by atoms with Crippen LogP contribution in [0.1, 0.15) is 31.3 Å². The highest BCUT2D eigenvalue weighted by Crippen LogP contribution is 2.24. The minimum atomic E-state index is -0.367. The Morgan fingerprint density at radius 1 is 1.22 bits per heavy atom. The smallest absolute Gasteiger partial charge is 0.409 e. The van der Waals surface area contributed by atoms with Gasteiger partial charge in [-0.3, -0.25) is 9.48 Å². The molecule has 1 saturated heterocycles. The first-order chi connectivity index (χ1) is 10.9. The number of carbonyl (C=O) groups excluding carboxylic acids is 2. The van der Waals surface area contributed by atoms with Crippen molar-refractivity contribution in [2.45, 2.75) is 33.7 Å². The fraction of sp³-hybridized carbons (Fsp3) is 0.667. The molecule has 128 valence electrons. The van der Waals surface area contributed by atoms with E-state index in [0.29, 0.717) is 32.8 Å². The minimum absolute atomic E-state index is 0.0200. The molecule has 1 aliphatic rings. The lowest BCUT2D eigenvalue weighted by Gasteiger charge is -2.35. The van der Waals surface area contributed by atoms with E-state index in [9.17, 15) is 9.59 Å². The number of hydrogen-bond donors (Lipinski definition) is 0. The standard InChI is InChI=1S/C15H23BrN4O3/c1-5-23-15(22)19-8-6-18(7-9-19)14(21)12(4)20-11(3)13(16)10(2)17-20/h12H,5-9H2,1-4H3. The summed E-state index contributed by atoms with van der Waals surface area (Å²) in [7, 11) is 0. The van der Waals surface area contributed by atoms with Crippen molar-refractivity contribution < 1.29 is 14.3 Å². The van der Waals surface area contributed by atoms with E-state index in [1.165, 1.54) is 0 Å². The van der Waals surface area contributed by atoms with Crippen LogP contribution in [0.5, 0.6) is 0 Å². The molecule has 1 atom stereocenters. The van der Waals surface area contributed by atoms with Crippen molar-refractivity contribution in [2.24, 2.45) is 0 Å². The van der Waals surface area contributed by atoms with Crippen LogP contribution < -0.4 is 0 Å². The number of halogens is 1. The third kappa shape index (κ3) is 3.68. The Kier molecular flexibility index (Phi) is 5.67. The summed E-state index contributed by atoms with van der Waals surface area (Å²) in [4.78, 5) is 27.8. The van der Waals surface area contributed by atoms with Gasteiger partial charge in [0.1, 0.15) is 6.04 Å². The number of carbonyl (C=O) groups is 2. The molecule has 7 nitrogen and oxygen atoms in total. The maximum absolute atomic E-state index is 12.7. The molecule has 0 bridgehead atoms. The van der Waals surface area contributed by atoms with Crippen molar-refractivity contribution in [3.05, 3.63) is 15.9 Å². The van der Waals surface area contributed by atoms with Crippen molar-refractivity contribution in [1.82, 2.24) is 19.6 Å². The molecule has 8 heteroatoms. The van der Waals surface area contributed by atoms with Crippen LogP contribution >= 0.6 is 15.9 Å². The lowest BCUT2D eigenvalue weighted by molar-refractivity contribution is -0.136. The lowest BCUT2D eigenvalue weighted by Crippen LogP contribution is -2.52. The Hall–Kier alpha value is -1.57. The van der Waals surface area contributed by atoms with E-state index in [1.54, 1.807) is 21.4 Å². The second kappa shape index (κ2) is 7.33. The second-order valence-corrected chi connectivity index (χ2v) is 6.41. The van der Waals surface area contributed by atoms with Gasteiger partial charge in [0.25, 0.3) is 0 Å². The van der Waals surface area contributed by atoms with Crippen molar-refractivity contribution in [2.75, 3.05) is 32.8 Å². The highest BCUT2D eigenvalue weighted by atomic mass is 79.9. The minimum Gasteiger partial charge on any atom is -0.450 e. The van der Waals surface area contributed by atoms with Crippen molar-refractivity contribution in [3.63, 3.8) is 0 Å². The molecule has 2 heterocycles. The first-order valence-electron chi connectivity index (χ1n) is 7.78. The molecule has 0 aliphatic carbocycles. The topological polar surface area (TPSA) is 67.7 Å². The van der Waals surface area contributed by atoms with Crippen LogP contribution in [0.2, 0.25) is 0 Å². The largest absolute Gasteiger partial charge is 0.450 e. The first-order valence-corrected chi connectivity index (χ1v) is 8.57. The fourth-order valence-corrected chi connectivity index (χ4v) is 2.97. The second-order valence-electron chi connectivity index (χ2n) is 5.62. The molecule has 0 N–H and O–H groups in total. The number of rotatable bonds is 3. The Bertz CT molecular complexity index is 594. The maximum atomic E-state index is 12.7. The summed E-state index contributed by atoms with van der Waals surface area (Å²) in [6.07, 6.45) is -0.310. The zero-order valence-electron chi connectivity index (χ0n) is 14.0. The van der Waals surface area contributed by atoms with E-state index in [0.717, 1.165) is 15.9 Å². The molecule has 1 aromatic heterocycles. The third-order valence-corrected chi connectivity index (χ3v) is 5.23. The number of hydrogen-bond acceptors (Lipinski definition) is 4. The molecule has 1 aliphatic heterocycles. The van der Waals surface area contributed by atoms with Gasteiger partial charge in [0.2, 0.25) is 5.91 Å². The van der Waals surface area contributed by atoms with Gasteiger partial charge < -0.3 is 14.5 Å². The van der Waals surface area contributed by atoms with Crippen LogP contribution in [0.4, 0.5) is 4.79 Å². The van der Waals surface area contributed by atoms with Gasteiger partial charge in [-0.15, -0.1) is 0 Å². The number of ether oxygens (including phenoxy) is 1. The lowest BCUT2D eigenvalue weighted by atomic mass is 10.2. The molecule has 0 spiro atoms. The Labute approximate surface area is 144 Å². The Morgan fingerprint density at radius 3 is 2.26 bits per heavy atom. The number of nitrogens with zero attached hydrogens (tertiary/aromatic N) is 4. The molecular weight excluding hydrogens is 364 g/mol. The zero-order chi connectivity index (χ0) is 17.1. The van der Waals surface area contributed by atoms with Gasteiger partial charge >= 0.3 is 6.09 Å². The molecular formula is C15H23BrN4O3. The summed E-state index contributed by atoms with van der Waals surface area (Å²) in [6, 6.07) is -0.367. The number of aryl methyl sites for hydroxylation is 1. The number of piperazine rings is 1. The van der Waals surface area contributed by atoms with E-state index in [2.05, 4.69) is 21.0 Å². The molecule has 2 rings (SSSR count). The molecule has 0 saturated carbocycles. The highest BCUT2D eigenvalue weighted by molar-refractivity contribution is 9.10. The van der Waals surface area contributed by atoms with Crippen molar-refractivity contribution in [3.8, 4) is 0 Å². The Morgan fingerprint density at radius 2 is 1.78 bits per heavy atom. The van der Waals surface area contributed by atoms with Crippen molar-refractivity contribution >= 4 is 27.9 Å². The molecule has 1 fully saturated rings. The van der Waals surface area contributed by atoms with Crippen LogP contribution in [-0.2, 0) is 9.53 Å². The Balaban J connectivity index is 1.99. The van der Waals surface area contributed by atoms with E-state index in [4.69, 9.17) is 4.74 Å². The number of aromatic nitrogens is 2. The van der Waals surface area contributed by atoms with E-state index >= 15 is 0 Å². The summed E-state index contributed by atoms with van der Waals surface area (Å²) in [5.74, 6) is 0.0200. The van der Waals surface area contributed by atoms with Crippen LogP contribution in [0.25, 0.3) is 0 Å². The summed E-state index contributed by atoms with van der Waals surface area (Å²) in [6.45, 7) is 9.87. The summed E-state index contributed by atoms with van der Waals surface area (Å²) >= 11 is 3.49. The van der Waals surface area contributed by atoms with Crippen LogP contribution in [0, 0.1) is 13.8 Å². The predicted molar refractivity (Wildman–Crippen MR) is 89.3 cm³/mol. The predicted octanol–water partition coefficient (Wildman–Crippen LogP) is 2.12. The zero-order valence-corrected chi connectivity index (χ0v) is 15.6. The van der Waals surface area contributed by atoms with Crippen molar-refractivity contribution in [1.29, 1.82) is 0 Å². The maximum Gasteiger partial charge on any atom is 0.409 e. The van der Waals surface area contributed by atoms with E-state index in [-0.39, 0.29) is 18.0 Å². The molecule has 2 amide bonds. The van der Waals surface area contributed by atoms with Gasteiger partial charge in [0, 0.05) is 26.2 Å². The fourth-order valence-electron chi connectivity index (χ4n) is 2.71. The van der Waals surface area contributed by atoms with Gasteiger partial charge in [0.05, 0.1) is 22.5 Å². The quantitative estimate of drug-likeness (QED) is 0.797. The molecule has 0 aromatic carbocycles. The van der Waals surface area contributed by atoms with E-state index in [1.807, 2.05) is 20.8 Å². The summed E-state index contributed by atoms with van der Waals surface area (Å²) in [5.41, 5.74) is 1.81. The average molecular weight is 387 g/mol. The van der Waals surface area contributed by atoms with Crippen LogP contribution in [-0.4, -0.2) is 64.4 Å². The summed E-state index contributed by atoms with van der Waals surface area (Å²) in [5, 5.41) is 4.43. The third-order valence-electron chi connectivity index (χ3n) is 4.08. The van der Waals surface area contributed by atoms with Gasteiger partial charge in [-0.2, -0.15) is 5.10 Å². The first kappa shape index (κ1) is 17.8. The van der Waals surface area contributed by atoms with E-state index < -0.39 is 0 Å². The van der Waals surface area contributed by atoms with Crippen LogP contribution in [0.3, 0.4) is 0 Å². The molecule has 1 aromatic rings.